The molecule has 0 saturated carbocycles. The van der Waals surface area contributed by atoms with E-state index in [9.17, 15) is 0 Å². The molecule has 0 aliphatic rings. The Hall–Kier alpha value is -6.58. The third-order valence-electron chi connectivity index (χ3n) is 9.80. The van der Waals surface area contributed by atoms with Crippen LogP contribution in [0.15, 0.2) is 186 Å². The lowest BCUT2D eigenvalue weighted by atomic mass is 10.0. The van der Waals surface area contributed by atoms with Crippen molar-refractivity contribution in [3.63, 3.8) is 0 Å². The Morgan fingerprint density at radius 3 is 1.61 bits per heavy atom. The van der Waals surface area contributed by atoms with Crippen LogP contribution in [-0.4, -0.2) is 4.57 Å². The predicted molar refractivity (Wildman–Crippen MR) is 206 cm³/mol. The molecule has 0 amide bonds. The van der Waals surface area contributed by atoms with E-state index in [0.717, 1.165) is 55.5 Å². The Morgan fingerprint density at radius 2 is 0.898 bits per heavy atom. The largest absolute Gasteiger partial charge is 0.455 e. The first-order valence-electron chi connectivity index (χ1n) is 16.7. The number of furan rings is 1. The highest BCUT2D eigenvalue weighted by Crippen LogP contribution is 2.43. The first kappa shape index (κ1) is 27.5. The third-order valence-corrected chi connectivity index (χ3v) is 9.80. The summed E-state index contributed by atoms with van der Waals surface area (Å²) in [5.41, 5.74) is 11.0. The van der Waals surface area contributed by atoms with Crippen LogP contribution in [0.4, 0.5) is 17.1 Å². The van der Waals surface area contributed by atoms with Gasteiger partial charge in [0, 0.05) is 49.4 Å². The zero-order valence-corrected chi connectivity index (χ0v) is 26.6. The molecule has 3 nitrogen and oxygen atoms in total. The maximum atomic E-state index is 6.48. The van der Waals surface area contributed by atoms with Crippen LogP contribution in [0.1, 0.15) is 0 Å². The van der Waals surface area contributed by atoms with Gasteiger partial charge in [-0.3, -0.25) is 0 Å². The molecule has 0 bridgehead atoms. The molecule has 0 aliphatic carbocycles. The molecule has 0 fully saturated rings. The Labute approximate surface area is 283 Å². The maximum absolute atomic E-state index is 6.48. The summed E-state index contributed by atoms with van der Waals surface area (Å²) in [4.78, 5) is 2.36. The number of aromatic nitrogens is 1. The van der Waals surface area contributed by atoms with Crippen LogP contribution in [0, 0.1) is 0 Å². The van der Waals surface area contributed by atoms with E-state index in [1.165, 1.54) is 32.9 Å². The highest BCUT2D eigenvalue weighted by atomic mass is 16.3. The molecule has 3 heteroatoms. The van der Waals surface area contributed by atoms with Gasteiger partial charge in [-0.25, -0.2) is 0 Å². The van der Waals surface area contributed by atoms with Gasteiger partial charge in [-0.1, -0.05) is 115 Å². The third kappa shape index (κ3) is 4.37. The van der Waals surface area contributed by atoms with Crippen molar-refractivity contribution in [2.75, 3.05) is 4.90 Å². The molecule has 0 radical (unpaired) electrons. The van der Waals surface area contributed by atoms with Gasteiger partial charge in [0.15, 0.2) is 0 Å². The lowest BCUT2D eigenvalue weighted by Gasteiger charge is -2.27. The van der Waals surface area contributed by atoms with Crippen LogP contribution >= 0.6 is 0 Å². The molecule has 2 aromatic heterocycles. The van der Waals surface area contributed by atoms with E-state index in [1.807, 2.05) is 12.1 Å². The van der Waals surface area contributed by atoms with Gasteiger partial charge in [-0.2, -0.15) is 0 Å². The van der Waals surface area contributed by atoms with E-state index in [-0.39, 0.29) is 0 Å². The molecule has 2 heterocycles. The summed E-state index contributed by atoms with van der Waals surface area (Å²) in [6.45, 7) is 0. The second-order valence-electron chi connectivity index (χ2n) is 12.5. The molecular weight excluding hydrogens is 597 g/mol. The van der Waals surface area contributed by atoms with Crippen molar-refractivity contribution in [3.05, 3.63) is 182 Å². The summed E-state index contributed by atoms with van der Waals surface area (Å²) in [7, 11) is 0. The van der Waals surface area contributed by atoms with Crippen LogP contribution in [0.25, 0.3) is 71.3 Å². The molecule has 0 saturated heterocycles. The van der Waals surface area contributed by atoms with E-state index in [2.05, 4.69) is 179 Å². The van der Waals surface area contributed by atoms with Crippen molar-refractivity contribution in [2.45, 2.75) is 0 Å². The zero-order valence-electron chi connectivity index (χ0n) is 26.6. The number of fused-ring (bicyclic) bond motifs is 8. The average molecular weight is 627 g/mol. The Morgan fingerprint density at radius 1 is 0.367 bits per heavy atom. The second kappa shape index (κ2) is 11.0. The smallest absolute Gasteiger partial charge is 0.143 e. The highest BCUT2D eigenvalue weighted by Gasteiger charge is 2.19. The molecule has 0 spiro atoms. The molecule has 0 aliphatic heterocycles. The van der Waals surface area contributed by atoms with Crippen molar-refractivity contribution in [1.82, 2.24) is 4.57 Å². The number of hydrogen-bond donors (Lipinski definition) is 0. The summed E-state index contributed by atoms with van der Waals surface area (Å²) < 4.78 is 8.85. The minimum atomic E-state index is 0.907. The van der Waals surface area contributed by atoms with Gasteiger partial charge in [-0.05, 0) is 77.9 Å². The molecule has 230 valence electrons. The first-order valence-corrected chi connectivity index (χ1v) is 16.7. The van der Waals surface area contributed by atoms with Crippen LogP contribution in [-0.2, 0) is 0 Å². The fourth-order valence-corrected chi connectivity index (χ4v) is 7.53. The van der Waals surface area contributed by atoms with Gasteiger partial charge in [0.25, 0.3) is 0 Å². The SMILES string of the molecule is c1ccc(-c2ccc(N(c3ccc(-n4c5ccccc5c5ccccc54)cc3)c3cccc4c3ccc3c5ccccc5oc43)cc2)cc1. The second-order valence-corrected chi connectivity index (χ2v) is 12.5. The van der Waals surface area contributed by atoms with Gasteiger partial charge in [0.2, 0.25) is 0 Å². The number of hydrogen-bond acceptors (Lipinski definition) is 2. The van der Waals surface area contributed by atoms with Crippen LogP contribution in [0.5, 0.6) is 0 Å². The van der Waals surface area contributed by atoms with Gasteiger partial charge in [-0.15, -0.1) is 0 Å². The quantitative estimate of drug-likeness (QED) is 0.190. The monoisotopic (exact) mass is 626 g/mol. The normalized spacial score (nSPS) is 11.7. The minimum absolute atomic E-state index is 0.907. The fourth-order valence-electron chi connectivity index (χ4n) is 7.53. The maximum Gasteiger partial charge on any atom is 0.143 e. The van der Waals surface area contributed by atoms with Crippen molar-refractivity contribution in [3.8, 4) is 16.8 Å². The molecule has 10 rings (SSSR count). The molecule has 0 unspecified atom stereocenters. The van der Waals surface area contributed by atoms with E-state index >= 15 is 0 Å². The molecule has 49 heavy (non-hydrogen) atoms. The summed E-state index contributed by atoms with van der Waals surface area (Å²) in [6.07, 6.45) is 0. The lowest BCUT2D eigenvalue weighted by molar-refractivity contribution is 0.672. The van der Waals surface area contributed by atoms with E-state index in [4.69, 9.17) is 4.42 Å². The first-order chi connectivity index (χ1) is 24.3. The Kier molecular flexibility index (Phi) is 6.18. The zero-order chi connectivity index (χ0) is 32.3. The van der Waals surface area contributed by atoms with Gasteiger partial charge >= 0.3 is 0 Å². The number of rotatable bonds is 5. The summed E-state index contributed by atoms with van der Waals surface area (Å²) in [6, 6.07) is 64.9. The number of anilines is 3. The van der Waals surface area contributed by atoms with Crippen LogP contribution in [0.3, 0.4) is 0 Å². The summed E-state index contributed by atoms with van der Waals surface area (Å²) >= 11 is 0. The van der Waals surface area contributed by atoms with Gasteiger partial charge < -0.3 is 13.9 Å². The van der Waals surface area contributed by atoms with Crippen LogP contribution < -0.4 is 4.90 Å². The highest BCUT2D eigenvalue weighted by molar-refractivity contribution is 6.17. The van der Waals surface area contributed by atoms with Crippen molar-refractivity contribution >= 4 is 71.6 Å². The predicted octanol–water partition coefficient (Wildman–Crippen LogP) is 13.0. The Bertz CT molecular complexity index is 2750. The molecule has 10 aromatic rings. The minimum Gasteiger partial charge on any atom is -0.455 e. The van der Waals surface area contributed by atoms with Gasteiger partial charge in [0.05, 0.1) is 16.7 Å². The fraction of sp³-hybridized carbons (Fsp3) is 0. The van der Waals surface area contributed by atoms with Crippen molar-refractivity contribution in [1.29, 1.82) is 0 Å². The van der Waals surface area contributed by atoms with Crippen LogP contribution in [0.2, 0.25) is 0 Å². The summed E-state index contributed by atoms with van der Waals surface area (Å²) in [5.74, 6) is 0. The number of benzene rings is 8. The molecular formula is C46H30N2O. The van der Waals surface area contributed by atoms with Crippen molar-refractivity contribution in [2.24, 2.45) is 0 Å². The summed E-state index contributed by atoms with van der Waals surface area (Å²) in [5, 5.41) is 7.02. The lowest BCUT2D eigenvalue weighted by Crippen LogP contribution is -2.10. The van der Waals surface area contributed by atoms with Gasteiger partial charge in [0.1, 0.15) is 11.2 Å². The standard InChI is InChI=1S/C46H30N2O/c1-2-11-31(12-3-1)32-21-23-33(24-22-32)47(42-19-10-16-40-38(42)29-30-41-39-15-6-9-20-45(39)49-46(40)41)34-25-27-35(28-26-34)48-43-17-7-4-13-36(43)37-14-5-8-18-44(37)48/h1-30H. The number of para-hydroxylation sites is 3. The molecule has 8 aromatic carbocycles. The topological polar surface area (TPSA) is 21.3 Å². The average Bonchev–Trinajstić information content (AvgIpc) is 3.72. The van der Waals surface area contributed by atoms with E-state index < -0.39 is 0 Å². The van der Waals surface area contributed by atoms with Crippen molar-refractivity contribution < 1.29 is 4.42 Å². The van der Waals surface area contributed by atoms with E-state index in [0.29, 0.717) is 0 Å². The number of nitrogens with zero attached hydrogens (tertiary/aromatic N) is 2. The molecule has 0 atom stereocenters. The van der Waals surface area contributed by atoms with E-state index in [1.54, 1.807) is 0 Å². The molecule has 0 N–H and O–H groups in total. The Balaban J connectivity index is 1.16.